The smallest absolute Gasteiger partial charge is 0.325 e. The zero-order valence-corrected chi connectivity index (χ0v) is 19.0. The van der Waals surface area contributed by atoms with Gasteiger partial charge in [0.05, 0.1) is 31.9 Å². The fourth-order valence-electron chi connectivity index (χ4n) is 3.88. The Bertz CT molecular complexity index is 1270. The molecule has 2 heterocycles. The summed E-state index contributed by atoms with van der Waals surface area (Å²) in [5, 5.41) is 0. The van der Waals surface area contributed by atoms with Gasteiger partial charge >= 0.3 is 10.8 Å². The Morgan fingerprint density at radius 1 is 1.06 bits per heavy atom. The Balaban J connectivity index is 1.90. The summed E-state index contributed by atoms with van der Waals surface area (Å²) in [4.78, 5) is 39.9. The first-order valence-electron chi connectivity index (χ1n) is 9.98. The number of carbonyl (C=O) groups is 2. The Labute approximate surface area is 192 Å². The van der Waals surface area contributed by atoms with Crippen molar-refractivity contribution in [3.63, 3.8) is 0 Å². The number of hydrogen-bond acceptors (Lipinski definition) is 7. The lowest BCUT2D eigenvalue weighted by Crippen LogP contribution is -2.36. The summed E-state index contributed by atoms with van der Waals surface area (Å²) in [5.74, 6) is -0.524. The maximum Gasteiger partial charge on any atom is 0.325 e. The molecule has 8 nitrogen and oxygen atoms in total. The highest BCUT2D eigenvalue weighted by Crippen LogP contribution is 2.46. The van der Waals surface area contributed by atoms with Crippen LogP contribution >= 0.6 is 11.3 Å². The van der Waals surface area contributed by atoms with Crippen LogP contribution in [0.4, 0.5) is 15.9 Å². The van der Waals surface area contributed by atoms with E-state index in [0.29, 0.717) is 22.1 Å². The topological polar surface area (TPSA) is 87.1 Å². The highest BCUT2D eigenvalue weighted by Gasteiger charge is 2.38. The molecule has 1 aliphatic heterocycles. The molecule has 10 heteroatoms. The second kappa shape index (κ2) is 9.07. The van der Waals surface area contributed by atoms with E-state index in [2.05, 4.69) is 0 Å². The normalized spacial score (nSPS) is 15.2. The van der Waals surface area contributed by atoms with E-state index in [1.165, 1.54) is 55.1 Å². The number of halogens is 1. The molecule has 33 heavy (non-hydrogen) atoms. The first kappa shape index (κ1) is 22.5. The number of anilines is 2. The Kier molecular flexibility index (Phi) is 6.19. The number of nitrogens with zero attached hydrogens (tertiary/aromatic N) is 2. The van der Waals surface area contributed by atoms with Crippen molar-refractivity contribution >= 4 is 34.7 Å². The lowest BCUT2D eigenvalue weighted by atomic mass is 9.90. The number of methoxy groups -OCH3 is 3. The summed E-state index contributed by atoms with van der Waals surface area (Å²) in [6.07, 6.45) is 0.0675. The van der Waals surface area contributed by atoms with Crippen LogP contribution in [-0.2, 0) is 20.9 Å². The summed E-state index contributed by atoms with van der Waals surface area (Å²) in [6, 6.07) is 10.7. The SMILES string of the molecule is COC(=O)Cn1c2c(sc1=O)C(c1ccc(OC)c(OC)c1)CC(=O)N2c1ccc(F)cc1. The first-order valence-corrected chi connectivity index (χ1v) is 10.8. The molecule has 1 aliphatic rings. The number of ether oxygens (including phenoxy) is 3. The van der Waals surface area contributed by atoms with Crippen LogP contribution in [-0.4, -0.2) is 37.8 Å². The predicted octanol–water partition coefficient (Wildman–Crippen LogP) is 3.44. The van der Waals surface area contributed by atoms with Gasteiger partial charge in [0.25, 0.3) is 0 Å². The average molecular weight is 472 g/mol. The second-order valence-electron chi connectivity index (χ2n) is 7.29. The maximum atomic E-state index is 13.5. The van der Waals surface area contributed by atoms with Crippen LogP contribution in [0.2, 0.25) is 0 Å². The van der Waals surface area contributed by atoms with Gasteiger partial charge in [0.15, 0.2) is 11.5 Å². The van der Waals surface area contributed by atoms with E-state index in [1.807, 2.05) is 6.07 Å². The minimum atomic E-state index is -0.627. The summed E-state index contributed by atoms with van der Waals surface area (Å²) in [7, 11) is 4.27. The quantitative estimate of drug-likeness (QED) is 0.511. The van der Waals surface area contributed by atoms with E-state index >= 15 is 0 Å². The minimum Gasteiger partial charge on any atom is -0.493 e. The Morgan fingerprint density at radius 3 is 2.39 bits per heavy atom. The Morgan fingerprint density at radius 2 is 1.76 bits per heavy atom. The van der Waals surface area contributed by atoms with E-state index in [0.717, 1.165) is 16.9 Å². The van der Waals surface area contributed by atoms with Gasteiger partial charge in [-0.1, -0.05) is 17.4 Å². The predicted molar refractivity (Wildman–Crippen MR) is 120 cm³/mol. The van der Waals surface area contributed by atoms with Gasteiger partial charge in [-0.2, -0.15) is 0 Å². The van der Waals surface area contributed by atoms with Crippen LogP contribution in [0.5, 0.6) is 11.5 Å². The van der Waals surface area contributed by atoms with Crippen molar-refractivity contribution in [2.45, 2.75) is 18.9 Å². The average Bonchev–Trinajstić information content (AvgIpc) is 3.14. The number of hydrogen-bond donors (Lipinski definition) is 0. The zero-order valence-electron chi connectivity index (χ0n) is 18.2. The summed E-state index contributed by atoms with van der Waals surface area (Å²) in [5.41, 5.74) is 1.15. The molecule has 0 fully saturated rings. The molecule has 3 aromatic rings. The highest BCUT2D eigenvalue weighted by atomic mass is 32.1. The molecule has 1 atom stereocenters. The maximum absolute atomic E-state index is 13.5. The van der Waals surface area contributed by atoms with Crippen LogP contribution < -0.4 is 19.2 Å². The van der Waals surface area contributed by atoms with Crippen molar-refractivity contribution in [2.24, 2.45) is 0 Å². The van der Waals surface area contributed by atoms with Crippen molar-refractivity contribution in [2.75, 3.05) is 26.2 Å². The number of carbonyl (C=O) groups excluding carboxylic acids is 2. The van der Waals surface area contributed by atoms with E-state index < -0.39 is 22.6 Å². The van der Waals surface area contributed by atoms with Gasteiger partial charge in [-0.15, -0.1) is 0 Å². The summed E-state index contributed by atoms with van der Waals surface area (Å²) < 4.78 is 30.2. The lowest BCUT2D eigenvalue weighted by molar-refractivity contribution is -0.141. The third-order valence-corrected chi connectivity index (χ3v) is 6.54. The number of benzene rings is 2. The Hall–Kier alpha value is -3.66. The van der Waals surface area contributed by atoms with Crippen LogP contribution in [0.3, 0.4) is 0 Å². The molecule has 0 saturated carbocycles. The van der Waals surface area contributed by atoms with Gasteiger partial charge in [0.1, 0.15) is 18.2 Å². The van der Waals surface area contributed by atoms with Crippen molar-refractivity contribution in [3.05, 3.63) is 68.4 Å². The van der Waals surface area contributed by atoms with Gasteiger partial charge in [-0.3, -0.25) is 23.9 Å². The summed E-state index contributed by atoms with van der Waals surface area (Å²) >= 11 is 0.959. The molecule has 0 spiro atoms. The number of thiazole rings is 1. The number of fused-ring (bicyclic) bond motifs is 1. The van der Waals surface area contributed by atoms with Crippen molar-refractivity contribution in [3.8, 4) is 11.5 Å². The second-order valence-corrected chi connectivity index (χ2v) is 8.29. The third kappa shape index (κ3) is 4.09. The zero-order chi connectivity index (χ0) is 23.7. The molecule has 0 saturated heterocycles. The molecule has 0 radical (unpaired) electrons. The monoisotopic (exact) mass is 472 g/mol. The highest BCUT2D eigenvalue weighted by molar-refractivity contribution is 7.10. The van der Waals surface area contributed by atoms with Crippen LogP contribution in [0.1, 0.15) is 22.8 Å². The van der Waals surface area contributed by atoms with Crippen LogP contribution in [0.25, 0.3) is 0 Å². The van der Waals surface area contributed by atoms with Gasteiger partial charge in [-0.05, 0) is 42.0 Å². The van der Waals surface area contributed by atoms with Gasteiger partial charge in [0.2, 0.25) is 5.91 Å². The molecule has 0 bridgehead atoms. The standard InChI is InChI=1S/C23H21FN2O6S/c1-30-17-9-4-13(10-18(17)31-2)16-11-19(27)26(15-7-5-14(24)6-8-15)22-21(16)33-23(29)25(22)12-20(28)32-3/h4-10,16H,11-12H2,1-3H3. The van der Waals surface area contributed by atoms with Crippen molar-refractivity contribution < 1.29 is 28.2 Å². The number of esters is 1. The van der Waals surface area contributed by atoms with Crippen LogP contribution in [0.15, 0.2) is 47.3 Å². The van der Waals surface area contributed by atoms with Gasteiger partial charge < -0.3 is 14.2 Å². The van der Waals surface area contributed by atoms with E-state index in [-0.39, 0.29) is 24.7 Å². The number of aromatic nitrogens is 1. The third-order valence-electron chi connectivity index (χ3n) is 5.46. The minimum absolute atomic E-state index is 0.0675. The number of rotatable bonds is 6. The molecular formula is C23H21FN2O6S. The molecule has 1 amide bonds. The van der Waals surface area contributed by atoms with Crippen LogP contribution in [0, 0.1) is 5.82 Å². The molecular weight excluding hydrogens is 451 g/mol. The molecule has 1 aromatic heterocycles. The molecule has 172 valence electrons. The van der Waals surface area contributed by atoms with Gasteiger partial charge in [-0.25, -0.2) is 4.39 Å². The first-order chi connectivity index (χ1) is 15.9. The molecule has 0 aliphatic carbocycles. The van der Waals surface area contributed by atoms with E-state index in [4.69, 9.17) is 14.2 Å². The molecule has 0 N–H and O–H groups in total. The molecule has 2 aromatic carbocycles. The van der Waals surface area contributed by atoms with E-state index in [9.17, 15) is 18.8 Å². The number of amides is 1. The van der Waals surface area contributed by atoms with E-state index in [1.54, 1.807) is 12.1 Å². The lowest BCUT2D eigenvalue weighted by Gasteiger charge is -2.32. The van der Waals surface area contributed by atoms with Crippen molar-refractivity contribution in [1.82, 2.24) is 4.57 Å². The molecule has 1 unspecified atom stereocenters. The molecule has 4 rings (SSSR count). The summed E-state index contributed by atoms with van der Waals surface area (Å²) in [6.45, 7) is -0.356. The largest absolute Gasteiger partial charge is 0.493 e. The van der Waals surface area contributed by atoms with Crippen molar-refractivity contribution in [1.29, 1.82) is 0 Å². The fourth-order valence-corrected chi connectivity index (χ4v) is 4.98. The fraction of sp³-hybridized carbons (Fsp3) is 0.261. The van der Waals surface area contributed by atoms with Gasteiger partial charge in [0, 0.05) is 12.3 Å².